The predicted molar refractivity (Wildman–Crippen MR) is 108 cm³/mol. The van der Waals surface area contributed by atoms with E-state index in [9.17, 15) is 4.39 Å². The molecule has 3 nitrogen and oxygen atoms in total. The minimum Gasteiger partial charge on any atom is -0.363 e. The molecule has 2 aromatic heterocycles. The summed E-state index contributed by atoms with van der Waals surface area (Å²) in [5, 5.41) is 7.05. The molecule has 0 fully saturated rings. The van der Waals surface area contributed by atoms with Crippen LogP contribution in [-0.2, 0) is 13.0 Å². The molecule has 0 aliphatic heterocycles. The summed E-state index contributed by atoms with van der Waals surface area (Å²) < 4.78 is 13.7. The Labute approximate surface area is 156 Å². The lowest BCUT2D eigenvalue weighted by Gasteiger charge is -2.25. The maximum Gasteiger partial charge on any atom is 0.169 e. The van der Waals surface area contributed by atoms with E-state index in [1.807, 2.05) is 13.8 Å². The Bertz CT molecular complexity index is 855. The van der Waals surface area contributed by atoms with Crippen molar-refractivity contribution < 1.29 is 4.39 Å². The van der Waals surface area contributed by atoms with Gasteiger partial charge in [-0.15, -0.1) is 11.3 Å². The third-order valence-corrected chi connectivity index (χ3v) is 5.52. The Morgan fingerprint density at radius 2 is 2.20 bits per heavy atom. The highest BCUT2D eigenvalue weighted by atomic mass is 32.1. The molecule has 0 spiro atoms. The zero-order valence-corrected chi connectivity index (χ0v) is 16.1. The van der Waals surface area contributed by atoms with E-state index in [-0.39, 0.29) is 5.82 Å². The van der Waals surface area contributed by atoms with E-state index in [1.165, 1.54) is 10.9 Å². The van der Waals surface area contributed by atoms with E-state index in [1.54, 1.807) is 23.5 Å². The minimum absolute atomic E-state index is 0.202. The average Bonchev–Trinajstić information content (AvgIpc) is 3.19. The molecule has 0 unspecified atom stereocenters. The van der Waals surface area contributed by atoms with Crippen LogP contribution in [0.5, 0.6) is 0 Å². The molecule has 0 atom stereocenters. The molecule has 2 N–H and O–H groups in total. The smallest absolute Gasteiger partial charge is 0.169 e. The fraction of sp³-hybridized carbons (Fsp3) is 0.316. The third-order valence-electron chi connectivity index (χ3n) is 4.26. The molecule has 0 amide bonds. The fourth-order valence-corrected chi connectivity index (χ4v) is 4.05. The molecule has 6 heteroatoms. The van der Waals surface area contributed by atoms with E-state index >= 15 is 0 Å². The van der Waals surface area contributed by atoms with E-state index in [4.69, 9.17) is 12.2 Å². The van der Waals surface area contributed by atoms with Gasteiger partial charge in [-0.1, -0.05) is 6.07 Å². The highest BCUT2D eigenvalue weighted by Crippen LogP contribution is 2.24. The Hall–Kier alpha value is -1.92. The van der Waals surface area contributed by atoms with E-state index < -0.39 is 0 Å². The normalized spacial score (nSPS) is 11.0. The molecular weight excluding hydrogens is 353 g/mol. The second-order valence-corrected chi connectivity index (χ2v) is 7.42. The van der Waals surface area contributed by atoms with Crippen molar-refractivity contribution >= 4 is 39.6 Å². The van der Waals surface area contributed by atoms with Crippen molar-refractivity contribution in [1.82, 2.24) is 15.2 Å². The number of halogens is 1. The summed E-state index contributed by atoms with van der Waals surface area (Å²) in [6, 6.07) is 9.08. The van der Waals surface area contributed by atoms with Crippen LogP contribution in [0.3, 0.4) is 0 Å². The number of rotatable bonds is 6. The number of benzene rings is 1. The van der Waals surface area contributed by atoms with Crippen LogP contribution in [0.2, 0.25) is 0 Å². The van der Waals surface area contributed by atoms with Crippen LogP contribution in [0.1, 0.15) is 23.1 Å². The monoisotopic (exact) mass is 375 g/mol. The summed E-state index contributed by atoms with van der Waals surface area (Å²) in [4.78, 5) is 6.81. The van der Waals surface area contributed by atoms with E-state index in [2.05, 4.69) is 32.7 Å². The van der Waals surface area contributed by atoms with Gasteiger partial charge in [-0.3, -0.25) is 0 Å². The first-order valence-electron chi connectivity index (χ1n) is 8.40. The van der Waals surface area contributed by atoms with Crippen molar-refractivity contribution in [1.29, 1.82) is 0 Å². The first-order chi connectivity index (χ1) is 12.1. The van der Waals surface area contributed by atoms with E-state index in [0.29, 0.717) is 0 Å². The topological polar surface area (TPSA) is 31.1 Å². The van der Waals surface area contributed by atoms with Crippen molar-refractivity contribution in [3.63, 3.8) is 0 Å². The number of nitrogens with one attached hydrogen (secondary N) is 2. The molecule has 0 aliphatic rings. The van der Waals surface area contributed by atoms with E-state index in [0.717, 1.165) is 53.3 Å². The Morgan fingerprint density at radius 3 is 2.92 bits per heavy atom. The summed E-state index contributed by atoms with van der Waals surface area (Å²) in [5.74, 6) is -0.202. The van der Waals surface area contributed by atoms with Crippen LogP contribution in [0.4, 0.5) is 4.39 Å². The maximum atomic E-state index is 13.7. The number of thiophene rings is 1. The molecule has 0 saturated carbocycles. The van der Waals surface area contributed by atoms with Gasteiger partial charge in [0.2, 0.25) is 0 Å². The standard InChI is InChI=1S/C19H22FN3S2/c1-3-21-19(24)23(12-15-5-4-10-25-15)9-8-16-13(2)22-18-7-6-14(20)11-17(16)18/h4-7,10-11,22H,3,8-9,12H2,1-2H3,(H,21,24). The summed E-state index contributed by atoms with van der Waals surface area (Å²) >= 11 is 7.28. The van der Waals surface area contributed by atoms with Crippen LogP contribution >= 0.6 is 23.6 Å². The molecule has 2 heterocycles. The predicted octanol–water partition coefficient (Wildman–Crippen LogP) is 4.62. The summed E-state index contributed by atoms with van der Waals surface area (Å²) in [6.45, 7) is 6.46. The highest BCUT2D eigenvalue weighted by Gasteiger charge is 2.14. The van der Waals surface area contributed by atoms with Crippen molar-refractivity contribution in [2.75, 3.05) is 13.1 Å². The zero-order valence-electron chi connectivity index (χ0n) is 14.4. The van der Waals surface area contributed by atoms with Gasteiger partial charge in [-0.25, -0.2) is 4.39 Å². The van der Waals surface area contributed by atoms with Gasteiger partial charge in [-0.2, -0.15) is 0 Å². The molecule has 25 heavy (non-hydrogen) atoms. The number of hydrogen-bond donors (Lipinski definition) is 2. The number of nitrogens with zero attached hydrogens (tertiary/aromatic N) is 1. The van der Waals surface area contributed by atoms with Crippen LogP contribution in [0, 0.1) is 12.7 Å². The molecule has 3 aromatic rings. The Morgan fingerprint density at radius 1 is 1.36 bits per heavy atom. The van der Waals surface area contributed by atoms with Gasteiger partial charge >= 0.3 is 0 Å². The molecule has 1 aromatic carbocycles. The fourth-order valence-electron chi connectivity index (χ4n) is 3.03. The molecule has 132 valence electrons. The number of aryl methyl sites for hydroxylation is 1. The number of hydrogen-bond acceptors (Lipinski definition) is 2. The number of aromatic amines is 1. The van der Waals surface area contributed by atoms with Gasteiger partial charge in [0.05, 0.1) is 6.54 Å². The van der Waals surface area contributed by atoms with Crippen LogP contribution in [-0.4, -0.2) is 28.1 Å². The first-order valence-corrected chi connectivity index (χ1v) is 9.69. The molecule has 0 aliphatic carbocycles. The number of H-pyrrole nitrogens is 1. The van der Waals surface area contributed by atoms with Crippen molar-refractivity contribution in [3.8, 4) is 0 Å². The Kier molecular flexibility index (Phi) is 5.71. The van der Waals surface area contributed by atoms with Crippen molar-refractivity contribution in [3.05, 3.63) is 57.7 Å². The second kappa shape index (κ2) is 7.97. The highest BCUT2D eigenvalue weighted by molar-refractivity contribution is 7.80. The first kappa shape index (κ1) is 17.9. The summed E-state index contributed by atoms with van der Waals surface area (Å²) in [6.07, 6.45) is 0.812. The second-order valence-electron chi connectivity index (χ2n) is 6.00. The largest absolute Gasteiger partial charge is 0.363 e. The van der Waals surface area contributed by atoms with Gasteiger partial charge in [0.25, 0.3) is 0 Å². The van der Waals surface area contributed by atoms with Gasteiger partial charge < -0.3 is 15.2 Å². The van der Waals surface area contributed by atoms with Crippen molar-refractivity contribution in [2.45, 2.75) is 26.8 Å². The Balaban J connectivity index is 1.79. The molecule has 0 bridgehead atoms. The van der Waals surface area contributed by atoms with Crippen LogP contribution < -0.4 is 5.32 Å². The maximum absolute atomic E-state index is 13.7. The zero-order chi connectivity index (χ0) is 17.8. The lowest BCUT2D eigenvalue weighted by atomic mass is 10.1. The molecule has 0 radical (unpaired) electrons. The van der Waals surface area contributed by atoms with Crippen LogP contribution in [0.25, 0.3) is 10.9 Å². The minimum atomic E-state index is -0.202. The molecule has 0 saturated heterocycles. The summed E-state index contributed by atoms with van der Waals surface area (Å²) in [5.41, 5.74) is 3.23. The van der Waals surface area contributed by atoms with Crippen LogP contribution in [0.15, 0.2) is 35.7 Å². The summed E-state index contributed by atoms with van der Waals surface area (Å²) in [7, 11) is 0. The number of fused-ring (bicyclic) bond motifs is 1. The van der Waals surface area contributed by atoms with Gasteiger partial charge in [0.1, 0.15) is 5.82 Å². The van der Waals surface area contributed by atoms with Crippen molar-refractivity contribution in [2.24, 2.45) is 0 Å². The average molecular weight is 376 g/mol. The third kappa shape index (κ3) is 4.19. The SMILES string of the molecule is CCNC(=S)N(CCc1c(C)[nH]c2ccc(F)cc12)Cc1cccs1. The molecule has 3 rings (SSSR count). The number of aromatic nitrogens is 1. The quantitative estimate of drug-likeness (QED) is 0.617. The van der Waals surface area contributed by atoms with Gasteiger partial charge in [0, 0.05) is 34.6 Å². The lowest BCUT2D eigenvalue weighted by molar-refractivity contribution is 0.414. The lowest BCUT2D eigenvalue weighted by Crippen LogP contribution is -2.40. The molecular formula is C19H22FN3S2. The van der Waals surface area contributed by atoms with Gasteiger partial charge in [0.15, 0.2) is 5.11 Å². The van der Waals surface area contributed by atoms with Gasteiger partial charge in [-0.05, 0) is 67.7 Å². The number of thiocarbonyl (C=S) groups is 1.